The van der Waals surface area contributed by atoms with Crippen molar-refractivity contribution in [3.63, 3.8) is 0 Å². The van der Waals surface area contributed by atoms with Crippen LogP contribution in [0.2, 0.25) is 0 Å². The minimum absolute atomic E-state index is 0.119. The van der Waals surface area contributed by atoms with Gasteiger partial charge >= 0.3 is 0 Å². The maximum absolute atomic E-state index is 12.1. The van der Waals surface area contributed by atoms with Crippen LogP contribution in [0.15, 0.2) is 12.1 Å². The molecule has 106 valence electrons. The third-order valence-electron chi connectivity index (χ3n) is 3.03. The number of nitrogens with one attached hydrogen (secondary N) is 1. The zero-order valence-electron chi connectivity index (χ0n) is 12.2. The van der Waals surface area contributed by atoms with E-state index in [0.717, 1.165) is 24.8 Å². The molecule has 0 spiro atoms. The van der Waals surface area contributed by atoms with E-state index in [2.05, 4.69) is 12.2 Å². The first kappa shape index (κ1) is 15.3. The lowest BCUT2D eigenvalue weighted by atomic mass is 10.1. The van der Waals surface area contributed by atoms with E-state index in [0.29, 0.717) is 23.6 Å². The van der Waals surface area contributed by atoms with Crippen molar-refractivity contribution >= 4 is 5.91 Å². The second-order valence-corrected chi connectivity index (χ2v) is 4.49. The molecular weight excluding hydrogens is 242 g/mol. The highest BCUT2D eigenvalue weighted by atomic mass is 16.5. The van der Waals surface area contributed by atoms with E-state index in [4.69, 9.17) is 9.47 Å². The summed E-state index contributed by atoms with van der Waals surface area (Å²) >= 11 is 0. The molecule has 1 amide bonds. The van der Waals surface area contributed by atoms with Crippen molar-refractivity contribution in [1.29, 1.82) is 0 Å². The fraction of sp³-hybridized carbons (Fsp3) is 0.533. The Labute approximate surface area is 115 Å². The number of unbranched alkanes of at least 4 members (excludes halogenated alkanes) is 2. The number of benzene rings is 1. The largest absolute Gasteiger partial charge is 0.496 e. The Kier molecular flexibility index (Phi) is 6.19. The molecule has 4 nitrogen and oxygen atoms in total. The maximum Gasteiger partial charge on any atom is 0.255 e. The zero-order valence-corrected chi connectivity index (χ0v) is 12.2. The maximum atomic E-state index is 12.1. The Morgan fingerprint density at radius 3 is 2.42 bits per heavy atom. The number of ether oxygens (including phenoxy) is 2. The van der Waals surface area contributed by atoms with Crippen LogP contribution in [0.4, 0.5) is 0 Å². The second-order valence-electron chi connectivity index (χ2n) is 4.49. The zero-order chi connectivity index (χ0) is 14.3. The van der Waals surface area contributed by atoms with Crippen LogP contribution in [-0.2, 0) is 0 Å². The van der Waals surface area contributed by atoms with Crippen molar-refractivity contribution in [1.82, 2.24) is 5.32 Å². The highest BCUT2D eigenvalue weighted by Crippen LogP contribution is 2.28. The SMILES string of the molecule is CCCCCNC(=O)c1cc(OC)c(C)cc1OC. The minimum atomic E-state index is -0.119. The molecular formula is C15H23NO3. The lowest BCUT2D eigenvalue weighted by Crippen LogP contribution is -2.25. The van der Waals surface area contributed by atoms with Gasteiger partial charge in [0.1, 0.15) is 11.5 Å². The van der Waals surface area contributed by atoms with Crippen molar-refractivity contribution in [3.8, 4) is 11.5 Å². The van der Waals surface area contributed by atoms with Gasteiger partial charge in [0, 0.05) is 6.54 Å². The molecule has 19 heavy (non-hydrogen) atoms. The molecule has 1 N–H and O–H groups in total. The number of hydrogen-bond donors (Lipinski definition) is 1. The number of aryl methyl sites for hydroxylation is 1. The van der Waals surface area contributed by atoms with Crippen molar-refractivity contribution < 1.29 is 14.3 Å². The van der Waals surface area contributed by atoms with E-state index in [1.54, 1.807) is 20.3 Å². The van der Waals surface area contributed by atoms with Gasteiger partial charge in [0.15, 0.2) is 0 Å². The summed E-state index contributed by atoms with van der Waals surface area (Å²) in [5.41, 5.74) is 1.46. The molecule has 0 bridgehead atoms. The Morgan fingerprint density at radius 1 is 1.16 bits per heavy atom. The fourth-order valence-electron chi connectivity index (χ4n) is 1.90. The standard InChI is InChI=1S/C15H23NO3/c1-5-6-7-8-16-15(17)12-10-13(18-3)11(2)9-14(12)19-4/h9-10H,5-8H2,1-4H3,(H,16,17). The van der Waals surface area contributed by atoms with Crippen molar-refractivity contribution in [2.75, 3.05) is 20.8 Å². The van der Waals surface area contributed by atoms with E-state index in [9.17, 15) is 4.79 Å². The summed E-state index contributed by atoms with van der Waals surface area (Å²) in [6.45, 7) is 4.74. The van der Waals surface area contributed by atoms with Gasteiger partial charge in [0.25, 0.3) is 5.91 Å². The van der Waals surface area contributed by atoms with Crippen LogP contribution in [0.25, 0.3) is 0 Å². The van der Waals surface area contributed by atoms with E-state index in [1.165, 1.54) is 0 Å². The highest BCUT2D eigenvalue weighted by molar-refractivity contribution is 5.97. The molecule has 1 aromatic carbocycles. The topological polar surface area (TPSA) is 47.6 Å². The second kappa shape index (κ2) is 7.67. The van der Waals surface area contributed by atoms with E-state index >= 15 is 0 Å². The molecule has 0 aromatic heterocycles. The summed E-state index contributed by atoms with van der Waals surface area (Å²) in [5, 5.41) is 2.90. The van der Waals surface area contributed by atoms with Gasteiger partial charge in [-0.05, 0) is 31.0 Å². The molecule has 0 radical (unpaired) electrons. The van der Waals surface area contributed by atoms with E-state index < -0.39 is 0 Å². The van der Waals surface area contributed by atoms with Crippen molar-refractivity contribution in [3.05, 3.63) is 23.3 Å². The van der Waals surface area contributed by atoms with Gasteiger partial charge in [-0.15, -0.1) is 0 Å². The van der Waals surface area contributed by atoms with Gasteiger partial charge in [0.05, 0.1) is 19.8 Å². The summed E-state index contributed by atoms with van der Waals surface area (Å²) < 4.78 is 10.5. The fourth-order valence-corrected chi connectivity index (χ4v) is 1.90. The highest BCUT2D eigenvalue weighted by Gasteiger charge is 2.15. The van der Waals surface area contributed by atoms with Gasteiger partial charge < -0.3 is 14.8 Å². The first-order valence-electron chi connectivity index (χ1n) is 6.64. The smallest absolute Gasteiger partial charge is 0.255 e. The van der Waals surface area contributed by atoms with Crippen LogP contribution in [0.1, 0.15) is 42.1 Å². The molecule has 0 heterocycles. The lowest BCUT2D eigenvalue weighted by Gasteiger charge is -2.13. The molecule has 0 aliphatic carbocycles. The predicted octanol–water partition coefficient (Wildman–Crippen LogP) is 2.93. The van der Waals surface area contributed by atoms with Gasteiger partial charge in [-0.25, -0.2) is 0 Å². The number of carbonyl (C=O) groups is 1. The van der Waals surface area contributed by atoms with Crippen LogP contribution >= 0.6 is 0 Å². The Morgan fingerprint density at radius 2 is 1.84 bits per heavy atom. The average Bonchev–Trinajstić information content (AvgIpc) is 2.42. The van der Waals surface area contributed by atoms with Gasteiger partial charge in [-0.2, -0.15) is 0 Å². The molecule has 0 aliphatic rings. The monoisotopic (exact) mass is 265 g/mol. The Balaban J connectivity index is 2.82. The van der Waals surface area contributed by atoms with E-state index in [1.807, 2.05) is 13.0 Å². The molecule has 0 fully saturated rings. The molecule has 0 aliphatic heterocycles. The molecule has 4 heteroatoms. The van der Waals surface area contributed by atoms with Crippen molar-refractivity contribution in [2.45, 2.75) is 33.1 Å². The third-order valence-corrected chi connectivity index (χ3v) is 3.03. The van der Waals surface area contributed by atoms with Crippen LogP contribution < -0.4 is 14.8 Å². The Hall–Kier alpha value is -1.71. The van der Waals surface area contributed by atoms with Crippen LogP contribution in [0.3, 0.4) is 0 Å². The summed E-state index contributed by atoms with van der Waals surface area (Å²) in [6, 6.07) is 3.54. The summed E-state index contributed by atoms with van der Waals surface area (Å²) in [4.78, 5) is 12.1. The Bertz CT molecular complexity index is 430. The summed E-state index contributed by atoms with van der Waals surface area (Å²) in [7, 11) is 3.16. The predicted molar refractivity (Wildman–Crippen MR) is 76.1 cm³/mol. The van der Waals surface area contributed by atoms with Crippen LogP contribution in [0, 0.1) is 6.92 Å². The quantitative estimate of drug-likeness (QED) is 0.771. The molecule has 0 unspecified atom stereocenters. The molecule has 0 saturated heterocycles. The first-order valence-corrected chi connectivity index (χ1v) is 6.64. The molecule has 0 atom stereocenters. The molecule has 1 rings (SSSR count). The lowest BCUT2D eigenvalue weighted by molar-refractivity contribution is 0.0949. The molecule has 0 saturated carbocycles. The summed E-state index contributed by atoms with van der Waals surface area (Å²) in [5.74, 6) is 1.15. The number of methoxy groups -OCH3 is 2. The first-order chi connectivity index (χ1) is 9.13. The number of hydrogen-bond acceptors (Lipinski definition) is 3. The number of rotatable bonds is 7. The molecule has 1 aromatic rings. The van der Waals surface area contributed by atoms with Gasteiger partial charge in [-0.3, -0.25) is 4.79 Å². The minimum Gasteiger partial charge on any atom is -0.496 e. The number of carbonyl (C=O) groups excluding carboxylic acids is 1. The van der Waals surface area contributed by atoms with Crippen LogP contribution in [-0.4, -0.2) is 26.7 Å². The van der Waals surface area contributed by atoms with E-state index in [-0.39, 0.29) is 5.91 Å². The van der Waals surface area contributed by atoms with Gasteiger partial charge in [-0.1, -0.05) is 19.8 Å². The van der Waals surface area contributed by atoms with Gasteiger partial charge in [0.2, 0.25) is 0 Å². The van der Waals surface area contributed by atoms with Crippen LogP contribution in [0.5, 0.6) is 11.5 Å². The summed E-state index contributed by atoms with van der Waals surface area (Å²) in [6.07, 6.45) is 3.25. The third kappa shape index (κ3) is 4.16. The number of amides is 1. The van der Waals surface area contributed by atoms with Crippen molar-refractivity contribution in [2.24, 2.45) is 0 Å². The average molecular weight is 265 g/mol. The normalized spacial score (nSPS) is 10.1.